The van der Waals surface area contributed by atoms with Crippen LogP contribution in [0, 0.1) is 6.92 Å². The van der Waals surface area contributed by atoms with Gasteiger partial charge in [-0.15, -0.1) is 0 Å². The number of hydrogen-bond donors (Lipinski definition) is 1. The Balaban J connectivity index is 2.65. The van der Waals surface area contributed by atoms with Crippen molar-refractivity contribution in [1.82, 2.24) is 10.3 Å². The van der Waals surface area contributed by atoms with Gasteiger partial charge < -0.3 is 5.32 Å². The Hall–Kier alpha value is -1.16. The standard InChI is InChI=1S/C10H11BrN2O/c1-7(11)6-12-10(14)9-5-3-4-8(2)13-9/h3-5H,1,6H2,2H3,(H,12,14). The molecule has 0 saturated carbocycles. The van der Waals surface area contributed by atoms with Crippen LogP contribution in [0.1, 0.15) is 16.2 Å². The minimum Gasteiger partial charge on any atom is -0.346 e. The van der Waals surface area contributed by atoms with E-state index in [0.717, 1.165) is 10.2 Å². The molecule has 1 amide bonds. The molecule has 4 heteroatoms. The number of hydrogen-bond acceptors (Lipinski definition) is 2. The van der Waals surface area contributed by atoms with E-state index < -0.39 is 0 Å². The largest absolute Gasteiger partial charge is 0.346 e. The number of nitrogens with one attached hydrogen (secondary N) is 1. The topological polar surface area (TPSA) is 42.0 Å². The summed E-state index contributed by atoms with van der Waals surface area (Å²) in [5.41, 5.74) is 1.26. The summed E-state index contributed by atoms with van der Waals surface area (Å²) in [6.45, 7) is 5.88. The molecule has 1 aromatic rings. The van der Waals surface area contributed by atoms with E-state index in [9.17, 15) is 4.79 Å². The third kappa shape index (κ3) is 3.30. The third-order valence-electron chi connectivity index (χ3n) is 1.56. The van der Waals surface area contributed by atoms with Crippen LogP contribution >= 0.6 is 15.9 Å². The zero-order chi connectivity index (χ0) is 10.6. The SMILES string of the molecule is C=C(Br)CNC(=O)c1cccc(C)n1. The molecule has 74 valence electrons. The number of carbonyl (C=O) groups excluding carboxylic acids is 1. The van der Waals surface area contributed by atoms with E-state index in [-0.39, 0.29) is 5.91 Å². The molecule has 0 atom stereocenters. The van der Waals surface area contributed by atoms with Crippen LogP contribution in [-0.4, -0.2) is 17.4 Å². The first-order chi connectivity index (χ1) is 6.59. The van der Waals surface area contributed by atoms with E-state index in [1.807, 2.05) is 13.0 Å². The number of aromatic nitrogens is 1. The quantitative estimate of drug-likeness (QED) is 0.897. The molecule has 14 heavy (non-hydrogen) atoms. The van der Waals surface area contributed by atoms with Gasteiger partial charge in [-0.1, -0.05) is 28.6 Å². The normalized spacial score (nSPS) is 9.57. The molecule has 1 aromatic heterocycles. The number of halogens is 1. The molecule has 1 heterocycles. The lowest BCUT2D eigenvalue weighted by Crippen LogP contribution is -2.25. The van der Waals surface area contributed by atoms with Crippen LogP contribution < -0.4 is 5.32 Å². The van der Waals surface area contributed by atoms with Gasteiger partial charge in [-0.25, -0.2) is 4.98 Å². The molecule has 1 rings (SSSR count). The Kier molecular flexibility index (Phi) is 3.83. The highest BCUT2D eigenvalue weighted by Gasteiger charge is 2.05. The first-order valence-corrected chi connectivity index (χ1v) is 4.94. The summed E-state index contributed by atoms with van der Waals surface area (Å²) in [6, 6.07) is 5.33. The van der Waals surface area contributed by atoms with Crippen molar-refractivity contribution < 1.29 is 4.79 Å². The van der Waals surface area contributed by atoms with E-state index in [1.54, 1.807) is 12.1 Å². The summed E-state index contributed by atoms with van der Waals surface area (Å²) in [5, 5.41) is 2.68. The van der Waals surface area contributed by atoms with Crippen molar-refractivity contribution in [2.75, 3.05) is 6.54 Å². The van der Waals surface area contributed by atoms with E-state index in [2.05, 4.69) is 32.8 Å². The first kappa shape index (κ1) is 10.9. The van der Waals surface area contributed by atoms with Gasteiger partial charge in [0.1, 0.15) is 5.69 Å². The lowest BCUT2D eigenvalue weighted by Gasteiger charge is -2.03. The van der Waals surface area contributed by atoms with Crippen LogP contribution in [0.25, 0.3) is 0 Å². The summed E-state index contributed by atoms with van der Waals surface area (Å²) >= 11 is 3.16. The highest BCUT2D eigenvalue weighted by molar-refractivity contribution is 9.11. The van der Waals surface area contributed by atoms with Crippen molar-refractivity contribution >= 4 is 21.8 Å². The maximum absolute atomic E-state index is 11.5. The molecule has 0 aliphatic carbocycles. The van der Waals surface area contributed by atoms with Gasteiger partial charge in [-0.05, 0) is 19.1 Å². The van der Waals surface area contributed by atoms with Crippen molar-refractivity contribution in [3.8, 4) is 0 Å². The average Bonchev–Trinajstić information content (AvgIpc) is 2.14. The summed E-state index contributed by atoms with van der Waals surface area (Å²) in [4.78, 5) is 15.6. The Labute approximate surface area is 91.4 Å². The molecule has 3 nitrogen and oxygen atoms in total. The van der Waals surface area contributed by atoms with Crippen LogP contribution in [0.3, 0.4) is 0 Å². The fourth-order valence-electron chi connectivity index (χ4n) is 0.936. The van der Waals surface area contributed by atoms with Crippen LogP contribution in [0.15, 0.2) is 29.3 Å². The highest BCUT2D eigenvalue weighted by Crippen LogP contribution is 2.00. The lowest BCUT2D eigenvalue weighted by molar-refractivity contribution is 0.0952. The second kappa shape index (κ2) is 4.91. The minimum atomic E-state index is -0.186. The first-order valence-electron chi connectivity index (χ1n) is 4.14. The van der Waals surface area contributed by atoms with Crippen LogP contribution in [0.5, 0.6) is 0 Å². The predicted molar refractivity (Wildman–Crippen MR) is 59.4 cm³/mol. The zero-order valence-corrected chi connectivity index (χ0v) is 9.47. The predicted octanol–water partition coefficient (Wildman–Crippen LogP) is 2.03. The maximum Gasteiger partial charge on any atom is 0.270 e. The Bertz CT molecular complexity index is 363. The smallest absolute Gasteiger partial charge is 0.270 e. The second-order valence-electron chi connectivity index (χ2n) is 2.86. The average molecular weight is 255 g/mol. The minimum absolute atomic E-state index is 0.186. The summed E-state index contributed by atoms with van der Waals surface area (Å²) in [6.07, 6.45) is 0. The summed E-state index contributed by atoms with van der Waals surface area (Å²) in [5.74, 6) is -0.186. The third-order valence-corrected chi connectivity index (χ3v) is 1.84. The molecular weight excluding hydrogens is 244 g/mol. The molecule has 0 radical (unpaired) electrons. The lowest BCUT2D eigenvalue weighted by atomic mass is 10.3. The molecule has 0 aromatic carbocycles. The van der Waals surface area contributed by atoms with Crippen molar-refractivity contribution in [3.05, 3.63) is 40.6 Å². The molecule has 0 unspecified atom stereocenters. The summed E-state index contributed by atoms with van der Waals surface area (Å²) < 4.78 is 0.735. The fraction of sp³-hybridized carbons (Fsp3) is 0.200. The molecule has 0 fully saturated rings. The van der Waals surface area contributed by atoms with Gasteiger partial charge in [-0.2, -0.15) is 0 Å². The Morgan fingerprint density at radius 3 is 2.93 bits per heavy atom. The molecule has 0 bridgehead atoms. The van der Waals surface area contributed by atoms with Gasteiger partial charge in [0.2, 0.25) is 0 Å². The molecule has 1 N–H and O–H groups in total. The van der Waals surface area contributed by atoms with Gasteiger partial charge in [0.05, 0.1) is 0 Å². The highest BCUT2D eigenvalue weighted by atomic mass is 79.9. The molecule has 0 spiro atoms. The summed E-state index contributed by atoms with van der Waals surface area (Å²) in [7, 11) is 0. The van der Waals surface area contributed by atoms with Crippen molar-refractivity contribution in [2.24, 2.45) is 0 Å². The molecule has 0 aliphatic heterocycles. The Morgan fingerprint density at radius 1 is 1.64 bits per heavy atom. The number of pyridine rings is 1. The van der Waals surface area contributed by atoms with E-state index in [0.29, 0.717) is 12.2 Å². The molecule has 0 aliphatic rings. The van der Waals surface area contributed by atoms with Gasteiger partial charge in [0, 0.05) is 16.7 Å². The van der Waals surface area contributed by atoms with Gasteiger partial charge in [0.25, 0.3) is 5.91 Å². The fourth-order valence-corrected chi connectivity index (χ4v) is 1.08. The second-order valence-corrected chi connectivity index (χ2v) is 3.99. The number of carbonyl (C=O) groups is 1. The molecular formula is C10H11BrN2O. The van der Waals surface area contributed by atoms with E-state index in [1.165, 1.54) is 0 Å². The monoisotopic (exact) mass is 254 g/mol. The molecule has 0 saturated heterocycles. The van der Waals surface area contributed by atoms with Gasteiger partial charge in [-0.3, -0.25) is 4.79 Å². The van der Waals surface area contributed by atoms with E-state index >= 15 is 0 Å². The number of amides is 1. The van der Waals surface area contributed by atoms with Crippen LogP contribution in [0.2, 0.25) is 0 Å². The number of rotatable bonds is 3. The van der Waals surface area contributed by atoms with Crippen molar-refractivity contribution in [1.29, 1.82) is 0 Å². The number of nitrogens with zero attached hydrogens (tertiary/aromatic N) is 1. The zero-order valence-electron chi connectivity index (χ0n) is 7.88. The van der Waals surface area contributed by atoms with Crippen LogP contribution in [-0.2, 0) is 0 Å². The Morgan fingerprint density at radius 2 is 2.36 bits per heavy atom. The maximum atomic E-state index is 11.5. The van der Waals surface area contributed by atoms with Crippen LogP contribution in [0.4, 0.5) is 0 Å². The van der Waals surface area contributed by atoms with Gasteiger partial charge in [0.15, 0.2) is 0 Å². The van der Waals surface area contributed by atoms with Crippen molar-refractivity contribution in [2.45, 2.75) is 6.92 Å². The number of aryl methyl sites for hydroxylation is 1. The van der Waals surface area contributed by atoms with Crippen molar-refractivity contribution in [3.63, 3.8) is 0 Å². The van der Waals surface area contributed by atoms with E-state index in [4.69, 9.17) is 0 Å². The van der Waals surface area contributed by atoms with Gasteiger partial charge >= 0.3 is 0 Å².